The SMILES string of the molecule is CON1CCC2(CC1)OC(=O)C(c1c(C)ccc(Cl)c1C)C2=O. The molecule has 2 aliphatic heterocycles. The second kappa shape index (κ2) is 5.89. The van der Waals surface area contributed by atoms with Crippen LogP contribution in [0.2, 0.25) is 5.02 Å². The van der Waals surface area contributed by atoms with Gasteiger partial charge < -0.3 is 9.57 Å². The molecule has 2 heterocycles. The standard InChI is InChI=1S/C17H20ClNO4/c1-10-4-5-12(18)11(2)13(10)14-15(20)17(23-16(14)21)6-8-19(22-3)9-7-17/h4-5,14H,6-9H2,1-3H3. The number of benzene rings is 1. The number of hydrogen-bond donors (Lipinski definition) is 0. The smallest absolute Gasteiger partial charge is 0.322 e. The molecule has 1 aromatic carbocycles. The first-order chi connectivity index (χ1) is 10.9. The Morgan fingerprint density at radius 2 is 1.91 bits per heavy atom. The Morgan fingerprint density at radius 3 is 2.52 bits per heavy atom. The van der Waals surface area contributed by atoms with E-state index in [1.807, 2.05) is 19.9 Å². The van der Waals surface area contributed by atoms with E-state index in [0.717, 1.165) is 11.1 Å². The van der Waals surface area contributed by atoms with Gasteiger partial charge in [0.05, 0.1) is 7.11 Å². The molecule has 6 heteroatoms. The average Bonchev–Trinajstić information content (AvgIpc) is 2.77. The predicted octanol–water partition coefficient (Wildman–Crippen LogP) is 2.56. The van der Waals surface area contributed by atoms with Gasteiger partial charge in [0.2, 0.25) is 0 Å². The Morgan fingerprint density at radius 1 is 1.26 bits per heavy atom. The molecule has 1 aromatic rings. The Hall–Kier alpha value is -1.43. The average molecular weight is 338 g/mol. The topological polar surface area (TPSA) is 55.8 Å². The third-order valence-electron chi connectivity index (χ3n) is 4.99. The zero-order valence-corrected chi connectivity index (χ0v) is 14.3. The quantitative estimate of drug-likeness (QED) is 0.613. The van der Waals surface area contributed by atoms with E-state index in [4.69, 9.17) is 21.2 Å². The highest BCUT2D eigenvalue weighted by atomic mass is 35.5. The van der Waals surface area contributed by atoms with Crippen LogP contribution in [0.4, 0.5) is 0 Å². The molecule has 124 valence electrons. The molecule has 0 radical (unpaired) electrons. The summed E-state index contributed by atoms with van der Waals surface area (Å²) in [7, 11) is 1.60. The minimum atomic E-state index is -1.02. The van der Waals surface area contributed by atoms with Crippen LogP contribution in [0.25, 0.3) is 0 Å². The van der Waals surface area contributed by atoms with Gasteiger partial charge in [-0.05, 0) is 36.6 Å². The fraction of sp³-hybridized carbons (Fsp3) is 0.529. The van der Waals surface area contributed by atoms with Crippen molar-refractivity contribution >= 4 is 23.4 Å². The zero-order chi connectivity index (χ0) is 16.8. The summed E-state index contributed by atoms with van der Waals surface area (Å²) < 4.78 is 5.60. The minimum absolute atomic E-state index is 0.147. The van der Waals surface area contributed by atoms with E-state index < -0.39 is 17.5 Å². The van der Waals surface area contributed by atoms with Crippen molar-refractivity contribution in [2.24, 2.45) is 0 Å². The largest absolute Gasteiger partial charge is 0.450 e. The van der Waals surface area contributed by atoms with E-state index in [-0.39, 0.29) is 5.78 Å². The van der Waals surface area contributed by atoms with Crippen LogP contribution in [-0.2, 0) is 19.2 Å². The molecular weight excluding hydrogens is 318 g/mol. The first-order valence-corrected chi connectivity index (χ1v) is 8.09. The third-order valence-corrected chi connectivity index (χ3v) is 5.40. The maximum absolute atomic E-state index is 13.1. The lowest BCUT2D eigenvalue weighted by Crippen LogP contribution is -2.48. The van der Waals surface area contributed by atoms with Crippen molar-refractivity contribution in [1.29, 1.82) is 0 Å². The maximum atomic E-state index is 13.1. The molecule has 0 amide bonds. The van der Waals surface area contributed by atoms with Crippen LogP contribution in [0.1, 0.15) is 35.4 Å². The van der Waals surface area contributed by atoms with Crippen molar-refractivity contribution in [3.05, 3.63) is 33.8 Å². The van der Waals surface area contributed by atoms with E-state index >= 15 is 0 Å². The molecule has 1 unspecified atom stereocenters. The summed E-state index contributed by atoms with van der Waals surface area (Å²) in [5.41, 5.74) is 1.33. The van der Waals surface area contributed by atoms with Crippen molar-refractivity contribution in [2.75, 3.05) is 20.2 Å². The van der Waals surface area contributed by atoms with E-state index in [2.05, 4.69) is 0 Å². The molecule has 1 atom stereocenters. The van der Waals surface area contributed by atoms with Gasteiger partial charge in [-0.25, -0.2) is 0 Å². The van der Waals surface area contributed by atoms with Crippen LogP contribution in [0.3, 0.4) is 0 Å². The molecule has 3 rings (SSSR count). The molecule has 1 spiro atoms. The summed E-state index contributed by atoms with van der Waals surface area (Å²) in [6.45, 7) is 4.85. The number of piperidine rings is 1. The summed E-state index contributed by atoms with van der Waals surface area (Å²) >= 11 is 6.19. The lowest BCUT2D eigenvalue weighted by Gasteiger charge is -2.35. The van der Waals surface area contributed by atoms with Gasteiger partial charge in [-0.2, -0.15) is 5.06 Å². The minimum Gasteiger partial charge on any atom is -0.450 e. The summed E-state index contributed by atoms with van der Waals surface area (Å²) in [4.78, 5) is 30.7. The number of carbonyl (C=O) groups is 2. The number of nitrogens with zero attached hydrogens (tertiary/aromatic N) is 1. The van der Waals surface area contributed by atoms with Crippen LogP contribution in [0.15, 0.2) is 12.1 Å². The number of Topliss-reactive ketones (excluding diaryl/α,β-unsaturated/α-hetero) is 1. The molecule has 2 aliphatic rings. The summed E-state index contributed by atoms with van der Waals surface area (Å²) in [5.74, 6) is -1.48. The highest BCUT2D eigenvalue weighted by Crippen LogP contribution is 2.43. The van der Waals surface area contributed by atoms with E-state index in [1.54, 1.807) is 18.2 Å². The first kappa shape index (κ1) is 16.4. The number of esters is 1. The summed E-state index contributed by atoms with van der Waals surface area (Å²) in [6, 6.07) is 3.62. The summed E-state index contributed by atoms with van der Waals surface area (Å²) in [6.07, 6.45) is 0.918. The van der Waals surface area contributed by atoms with Crippen LogP contribution < -0.4 is 0 Å². The van der Waals surface area contributed by atoms with Gasteiger partial charge in [0.1, 0.15) is 5.92 Å². The molecule has 0 aliphatic carbocycles. The van der Waals surface area contributed by atoms with Gasteiger partial charge in [-0.15, -0.1) is 0 Å². The molecule has 2 fully saturated rings. The Bertz CT molecular complexity index is 665. The summed E-state index contributed by atoms with van der Waals surface area (Å²) in [5, 5.41) is 2.33. The van der Waals surface area contributed by atoms with Crippen LogP contribution in [0, 0.1) is 13.8 Å². The molecule has 23 heavy (non-hydrogen) atoms. The Balaban J connectivity index is 1.96. The van der Waals surface area contributed by atoms with Crippen molar-refractivity contribution in [3.8, 4) is 0 Å². The predicted molar refractivity (Wildman–Crippen MR) is 85.3 cm³/mol. The number of rotatable bonds is 2. The van der Waals surface area contributed by atoms with E-state index in [0.29, 0.717) is 36.5 Å². The van der Waals surface area contributed by atoms with Crippen molar-refractivity contribution in [2.45, 2.75) is 38.2 Å². The molecule has 5 nitrogen and oxygen atoms in total. The lowest BCUT2D eigenvalue weighted by atomic mass is 9.80. The molecule has 0 saturated carbocycles. The molecule has 0 aromatic heterocycles. The maximum Gasteiger partial charge on any atom is 0.322 e. The number of ketones is 1. The fourth-order valence-electron chi connectivity index (χ4n) is 3.58. The molecule has 0 bridgehead atoms. The van der Waals surface area contributed by atoms with Gasteiger partial charge >= 0.3 is 5.97 Å². The van der Waals surface area contributed by atoms with Crippen LogP contribution >= 0.6 is 11.6 Å². The van der Waals surface area contributed by atoms with Crippen molar-refractivity contribution in [1.82, 2.24) is 5.06 Å². The van der Waals surface area contributed by atoms with E-state index in [9.17, 15) is 9.59 Å². The number of hydrogen-bond acceptors (Lipinski definition) is 5. The highest BCUT2D eigenvalue weighted by Gasteiger charge is 2.57. The highest BCUT2D eigenvalue weighted by molar-refractivity contribution is 6.31. The van der Waals surface area contributed by atoms with Crippen LogP contribution in [-0.4, -0.2) is 42.6 Å². The normalized spacial score (nSPS) is 24.3. The number of hydroxylamine groups is 2. The fourth-order valence-corrected chi connectivity index (χ4v) is 3.75. The number of halogens is 1. The molecule has 2 saturated heterocycles. The van der Waals surface area contributed by atoms with E-state index in [1.165, 1.54) is 0 Å². The number of carbonyl (C=O) groups excluding carboxylic acids is 2. The second-order valence-corrected chi connectivity index (χ2v) is 6.63. The third kappa shape index (κ3) is 2.57. The van der Waals surface area contributed by atoms with Crippen molar-refractivity contribution < 1.29 is 19.2 Å². The Kier molecular flexibility index (Phi) is 4.21. The first-order valence-electron chi connectivity index (χ1n) is 7.71. The monoisotopic (exact) mass is 337 g/mol. The molecular formula is C17H20ClNO4. The Labute approximate surface area is 140 Å². The van der Waals surface area contributed by atoms with Gasteiger partial charge in [0, 0.05) is 31.0 Å². The lowest BCUT2D eigenvalue weighted by molar-refractivity contribution is -0.184. The van der Waals surface area contributed by atoms with Gasteiger partial charge in [-0.1, -0.05) is 17.7 Å². The van der Waals surface area contributed by atoms with Gasteiger partial charge in [0.25, 0.3) is 0 Å². The second-order valence-electron chi connectivity index (χ2n) is 6.23. The molecule has 0 N–H and O–H groups in total. The zero-order valence-electron chi connectivity index (χ0n) is 13.5. The van der Waals surface area contributed by atoms with Crippen molar-refractivity contribution in [3.63, 3.8) is 0 Å². The van der Waals surface area contributed by atoms with Crippen LogP contribution in [0.5, 0.6) is 0 Å². The van der Waals surface area contributed by atoms with Gasteiger partial charge in [-0.3, -0.25) is 9.59 Å². The number of ether oxygens (including phenoxy) is 1. The van der Waals surface area contributed by atoms with Gasteiger partial charge in [0.15, 0.2) is 11.4 Å². The number of aryl methyl sites for hydroxylation is 1.